The Morgan fingerprint density at radius 3 is 2.10 bits per heavy atom. The number of fused-ring (bicyclic) bond motifs is 6. The minimum atomic E-state index is 0.677. The molecule has 40 heavy (non-hydrogen) atoms. The molecule has 0 saturated carbocycles. The van der Waals surface area contributed by atoms with Crippen LogP contribution in [0.5, 0.6) is 11.5 Å². The number of ether oxygens (including phenoxy) is 1. The van der Waals surface area contributed by atoms with Gasteiger partial charge in [0.2, 0.25) is 0 Å². The van der Waals surface area contributed by atoms with Gasteiger partial charge in [0.15, 0.2) is 11.6 Å². The smallest absolute Gasteiger partial charge is 0.162 e. The highest BCUT2D eigenvalue weighted by atomic mass is 16.5. The molecule has 0 radical (unpaired) electrons. The maximum absolute atomic E-state index is 6.71. The van der Waals surface area contributed by atoms with E-state index in [0.717, 1.165) is 67.1 Å². The Labute approximate surface area is 231 Å². The highest BCUT2D eigenvalue weighted by molar-refractivity contribution is 6.12. The molecule has 4 nitrogen and oxygen atoms in total. The van der Waals surface area contributed by atoms with Crippen LogP contribution in [0.4, 0.5) is 0 Å². The minimum absolute atomic E-state index is 0.677. The summed E-state index contributed by atoms with van der Waals surface area (Å²) in [5.74, 6) is 3.11. The van der Waals surface area contributed by atoms with E-state index in [9.17, 15) is 0 Å². The predicted molar refractivity (Wildman–Crippen MR) is 163 cm³/mol. The monoisotopic (exact) mass is 513 g/mol. The fraction of sp³-hybridized carbons (Fsp3) is 0. The summed E-state index contributed by atoms with van der Waals surface area (Å²) in [6.07, 6.45) is 4.25. The van der Waals surface area contributed by atoms with Crippen LogP contribution >= 0.6 is 0 Å². The Morgan fingerprint density at radius 1 is 0.550 bits per heavy atom. The zero-order chi connectivity index (χ0) is 26.5. The lowest BCUT2D eigenvalue weighted by Crippen LogP contribution is -2.03. The second-order valence-corrected chi connectivity index (χ2v) is 9.87. The zero-order valence-corrected chi connectivity index (χ0v) is 21.5. The Morgan fingerprint density at radius 2 is 1.25 bits per heavy atom. The van der Waals surface area contributed by atoms with Crippen molar-refractivity contribution in [2.75, 3.05) is 0 Å². The fourth-order valence-electron chi connectivity index (χ4n) is 5.54. The molecule has 188 valence electrons. The number of hydrogen-bond acceptors (Lipinski definition) is 3. The van der Waals surface area contributed by atoms with Crippen LogP contribution in [-0.4, -0.2) is 14.5 Å². The van der Waals surface area contributed by atoms with Crippen LogP contribution in [0.25, 0.3) is 62.4 Å². The molecule has 4 heteroatoms. The van der Waals surface area contributed by atoms with Gasteiger partial charge in [0.25, 0.3) is 0 Å². The van der Waals surface area contributed by atoms with Crippen LogP contribution in [0.3, 0.4) is 0 Å². The van der Waals surface area contributed by atoms with Gasteiger partial charge in [-0.3, -0.25) is 4.57 Å². The molecule has 0 bridgehead atoms. The molecule has 2 aromatic heterocycles. The Bertz CT molecular complexity index is 2020. The number of aromatic nitrogens is 3. The number of benzene rings is 5. The van der Waals surface area contributed by atoms with Crippen molar-refractivity contribution in [3.63, 3.8) is 0 Å². The van der Waals surface area contributed by atoms with Gasteiger partial charge in [-0.1, -0.05) is 121 Å². The van der Waals surface area contributed by atoms with E-state index in [0.29, 0.717) is 5.82 Å². The van der Waals surface area contributed by atoms with Crippen molar-refractivity contribution < 1.29 is 4.74 Å². The van der Waals surface area contributed by atoms with Gasteiger partial charge in [0, 0.05) is 39.1 Å². The van der Waals surface area contributed by atoms with Crippen molar-refractivity contribution in [1.29, 1.82) is 0 Å². The first-order chi connectivity index (χ1) is 19.8. The molecular weight excluding hydrogens is 490 g/mol. The summed E-state index contributed by atoms with van der Waals surface area (Å²) in [7, 11) is 0. The van der Waals surface area contributed by atoms with Crippen molar-refractivity contribution in [3.8, 4) is 40.0 Å². The van der Waals surface area contributed by atoms with Crippen molar-refractivity contribution in [3.05, 3.63) is 139 Å². The summed E-state index contributed by atoms with van der Waals surface area (Å²) in [5, 5.41) is 2.26. The molecular formula is C36H23N3O. The van der Waals surface area contributed by atoms with E-state index in [1.807, 2.05) is 54.6 Å². The lowest BCUT2D eigenvalue weighted by molar-refractivity contribution is 0.485. The average Bonchev–Trinajstić information content (AvgIpc) is 3.24. The number of rotatable bonds is 3. The topological polar surface area (TPSA) is 39.9 Å². The van der Waals surface area contributed by atoms with Crippen molar-refractivity contribution in [2.24, 2.45) is 0 Å². The maximum atomic E-state index is 6.71. The summed E-state index contributed by atoms with van der Waals surface area (Å²) < 4.78 is 8.94. The van der Waals surface area contributed by atoms with Crippen molar-refractivity contribution in [2.45, 2.75) is 0 Å². The van der Waals surface area contributed by atoms with Crippen molar-refractivity contribution in [1.82, 2.24) is 14.5 Å². The number of para-hydroxylation sites is 2. The number of hydrogen-bond donors (Lipinski definition) is 0. The Kier molecular flexibility index (Phi) is 5.10. The van der Waals surface area contributed by atoms with Gasteiger partial charge >= 0.3 is 0 Å². The van der Waals surface area contributed by atoms with Crippen LogP contribution in [0.15, 0.2) is 127 Å². The molecule has 5 aromatic carbocycles. The van der Waals surface area contributed by atoms with Gasteiger partial charge in [-0.15, -0.1) is 0 Å². The summed E-state index contributed by atoms with van der Waals surface area (Å²) in [6, 6.07) is 43.4. The lowest BCUT2D eigenvalue weighted by atomic mass is 10.1. The average molecular weight is 514 g/mol. The predicted octanol–water partition coefficient (Wildman–Crippen LogP) is 9.18. The van der Waals surface area contributed by atoms with E-state index in [4.69, 9.17) is 14.7 Å². The van der Waals surface area contributed by atoms with E-state index >= 15 is 0 Å². The van der Waals surface area contributed by atoms with Gasteiger partial charge in [-0.2, -0.15) is 0 Å². The van der Waals surface area contributed by atoms with E-state index in [-0.39, 0.29) is 0 Å². The Balaban J connectivity index is 1.47. The van der Waals surface area contributed by atoms with Crippen LogP contribution < -0.4 is 4.74 Å². The second-order valence-electron chi connectivity index (χ2n) is 9.87. The van der Waals surface area contributed by atoms with E-state index in [1.54, 1.807) is 0 Å². The number of nitrogens with zero attached hydrogens (tertiary/aromatic N) is 3. The summed E-state index contributed by atoms with van der Waals surface area (Å²) in [5.41, 5.74) is 6.99. The normalized spacial score (nSPS) is 12.1. The largest absolute Gasteiger partial charge is 0.454 e. The van der Waals surface area contributed by atoms with E-state index in [1.165, 1.54) is 0 Å². The highest BCUT2D eigenvalue weighted by Gasteiger charge is 2.22. The van der Waals surface area contributed by atoms with Crippen LogP contribution in [0.1, 0.15) is 11.1 Å². The van der Waals surface area contributed by atoms with Crippen LogP contribution in [0.2, 0.25) is 0 Å². The SMILES string of the molecule is C1=Cc2ccc3c4ccccc4n(-c4cc(-c5ccccc5)nc(-c5ccccc5)n4)c3c2Oc2ccccc21. The summed E-state index contributed by atoms with van der Waals surface area (Å²) >= 11 is 0. The minimum Gasteiger partial charge on any atom is -0.454 e. The zero-order valence-electron chi connectivity index (χ0n) is 21.5. The van der Waals surface area contributed by atoms with Gasteiger partial charge < -0.3 is 4.74 Å². The molecule has 0 spiro atoms. The summed E-state index contributed by atoms with van der Waals surface area (Å²) in [4.78, 5) is 10.2. The molecule has 8 rings (SSSR count). The molecule has 0 N–H and O–H groups in total. The quantitative estimate of drug-likeness (QED) is 0.236. The standard InChI is InChI=1S/C36H23N3O/c1-3-11-24(12-4-1)30-23-33(38-36(37-30)27-14-5-2-6-15-27)39-31-17-9-8-16-28(31)29-22-21-26-20-19-25-13-7-10-18-32(25)40-35(26)34(29)39/h1-23H. The molecule has 0 atom stereocenters. The molecule has 0 saturated heterocycles. The highest BCUT2D eigenvalue weighted by Crippen LogP contribution is 2.44. The Hall–Kier alpha value is -5.48. The first-order valence-electron chi connectivity index (χ1n) is 13.3. The van der Waals surface area contributed by atoms with Crippen molar-refractivity contribution >= 4 is 34.0 Å². The first kappa shape index (κ1) is 22.5. The van der Waals surface area contributed by atoms with Crippen LogP contribution in [0, 0.1) is 0 Å². The molecule has 0 fully saturated rings. The van der Waals surface area contributed by atoms with Crippen LogP contribution in [-0.2, 0) is 0 Å². The maximum Gasteiger partial charge on any atom is 0.162 e. The van der Waals surface area contributed by atoms with Gasteiger partial charge in [-0.25, -0.2) is 9.97 Å². The third-order valence-corrected chi connectivity index (χ3v) is 7.44. The molecule has 1 aliphatic heterocycles. The molecule has 1 aliphatic rings. The van der Waals surface area contributed by atoms with Gasteiger partial charge in [0.05, 0.1) is 16.7 Å². The van der Waals surface area contributed by atoms with Gasteiger partial charge in [-0.05, 0) is 12.1 Å². The van der Waals surface area contributed by atoms with E-state index < -0.39 is 0 Å². The molecule has 3 heterocycles. The lowest BCUT2D eigenvalue weighted by Gasteiger charge is -2.15. The molecule has 7 aromatic rings. The van der Waals surface area contributed by atoms with E-state index in [2.05, 4.69) is 89.5 Å². The molecule has 0 aliphatic carbocycles. The van der Waals surface area contributed by atoms with Gasteiger partial charge in [0.1, 0.15) is 11.6 Å². The fourth-order valence-corrected chi connectivity index (χ4v) is 5.54. The molecule has 0 unspecified atom stereocenters. The third kappa shape index (κ3) is 3.62. The second kappa shape index (κ2) is 9.07. The first-order valence-corrected chi connectivity index (χ1v) is 13.3. The molecule has 0 amide bonds. The summed E-state index contributed by atoms with van der Waals surface area (Å²) in [6.45, 7) is 0. The third-order valence-electron chi connectivity index (χ3n) is 7.44.